The molecule has 6 nitrogen and oxygen atoms in total. The van der Waals surface area contributed by atoms with Gasteiger partial charge in [-0.2, -0.15) is 5.10 Å². The summed E-state index contributed by atoms with van der Waals surface area (Å²) in [5.74, 6) is 1.07. The third kappa shape index (κ3) is 3.62. The molecule has 0 spiro atoms. The van der Waals surface area contributed by atoms with E-state index in [1.54, 1.807) is 50.4 Å². The van der Waals surface area contributed by atoms with Crippen molar-refractivity contribution in [2.45, 2.75) is 13.8 Å². The van der Waals surface area contributed by atoms with Crippen LogP contribution in [0, 0.1) is 13.8 Å². The minimum absolute atomic E-state index is 0.117. The molecule has 0 N–H and O–H groups in total. The van der Waals surface area contributed by atoms with E-state index in [0.29, 0.717) is 22.7 Å². The molecular weight excluding hydrogens is 422 g/mol. The van der Waals surface area contributed by atoms with Crippen LogP contribution in [0.2, 0.25) is 0 Å². The average Bonchev–Trinajstić information content (AvgIpc) is 2.99. The summed E-state index contributed by atoms with van der Waals surface area (Å²) in [6.45, 7) is 3.94. The lowest BCUT2D eigenvalue weighted by atomic mass is 10.1. The van der Waals surface area contributed by atoms with Crippen LogP contribution >= 0.6 is 15.9 Å². The van der Waals surface area contributed by atoms with Crippen LogP contribution in [-0.2, 0) is 0 Å². The molecule has 1 amide bonds. The van der Waals surface area contributed by atoms with Gasteiger partial charge in [0, 0.05) is 24.4 Å². The SMILES string of the molecule is COc1ccc(N(C)C(=O)c2ccc(-n3nc(C)c(Br)c3C)cc2)cc1OC. The normalized spacial score (nSPS) is 10.6. The molecule has 0 aliphatic carbocycles. The summed E-state index contributed by atoms with van der Waals surface area (Å²) in [7, 11) is 4.88. The fourth-order valence-corrected chi connectivity index (χ4v) is 3.21. The summed E-state index contributed by atoms with van der Waals surface area (Å²) in [6, 6.07) is 12.8. The molecule has 0 atom stereocenters. The summed E-state index contributed by atoms with van der Waals surface area (Å²) in [5, 5.41) is 4.52. The number of amides is 1. The molecule has 7 heteroatoms. The van der Waals surface area contributed by atoms with Gasteiger partial charge in [-0.1, -0.05) is 0 Å². The van der Waals surface area contributed by atoms with Gasteiger partial charge in [-0.15, -0.1) is 0 Å². The number of halogens is 1. The van der Waals surface area contributed by atoms with Gasteiger partial charge in [0.1, 0.15) is 0 Å². The van der Waals surface area contributed by atoms with Crippen molar-refractivity contribution in [1.82, 2.24) is 9.78 Å². The van der Waals surface area contributed by atoms with E-state index in [4.69, 9.17) is 9.47 Å². The molecular formula is C21H22BrN3O3. The number of anilines is 1. The first-order chi connectivity index (χ1) is 13.4. The van der Waals surface area contributed by atoms with Crippen LogP contribution < -0.4 is 14.4 Å². The number of nitrogens with zero attached hydrogens (tertiary/aromatic N) is 3. The van der Waals surface area contributed by atoms with Gasteiger partial charge in [0.15, 0.2) is 11.5 Å². The molecule has 0 aliphatic rings. The number of carbonyl (C=O) groups excluding carboxylic acids is 1. The molecule has 28 heavy (non-hydrogen) atoms. The minimum atomic E-state index is -0.117. The molecule has 0 unspecified atom stereocenters. The van der Waals surface area contributed by atoms with E-state index in [-0.39, 0.29) is 5.91 Å². The maximum absolute atomic E-state index is 12.9. The number of ether oxygens (including phenoxy) is 2. The van der Waals surface area contributed by atoms with Crippen LogP contribution in [0.3, 0.4) is 0 Å². The van der Waals surface area contributed by atoms with E-state index >= 15 is 0 Å². The Morgan fingerprint density at radius 2 is 1.68 bits per heavy atom. The van der Waals surface area contributed by atoms with Crippen LogP contribution in [0.1, 0.15) is 21.7 Å². The summed E-state index contributed by atoms with van der Waals surface area (Å²) in [4.78, 5) is 14.5. The van der Waals surface area contributed by atoms with Crippen LogP contribution in [0.15, 0.2) is 46.9 Å². The highest BCUT2D eigenvalue weighted by atomic mass is 79.9. The number of hydrogen-bond acceptors (Lipinski definition) is 4. The number of aromatic nitrogens is 2. The van der Waals surface area contributed by atoms with Gasteiger partial charge < -0.3 is 14.4 Å². The number of methoxy groups -OCH3 is 2. The fraction of sp³-hybridized carbons (Fsp3) is 0.238. The molecule has 0 radical (unpaired) electrons. The first-order valence-electron chi connectivity index (χ1n) is 8.69. The first kappa shape index (κ1) is 19.9. The van der Waals surface area contributed by atoms with Crippen molar-refractivity contribution in [2.24, 2.45) is 0 Å². The van der Waals surface area contributed by atoms with Crippen molar-refractivity contribution in [3.05, 3.63) is 63.9 Å². The third-order valence-electron chi connectivity index (χ3n) is 4.62. The predicted octanol–water partition coefficient (Wildman–Crippen LogP) is 4.55. The topological polar surface area (TPSA) is 56.6 Å². The second-order valence-electron chi connectivity index (χ2n) is 6.35. The monoisotopic (exact) mass is 443 g/mol. The average molecular weight is 444 g/mol. The van der Waals surface area contributed by atoms with Gasteiger partial charge in [0.25, 0.3) is 5.91 Å². The van der Waals surface area contributed by atoms with Crippen LogP contribution in [-0.4, -0.2) is 37.0 Å². The Bertz CT molecular complexity index is 1010. The molecule has 0 fully saturated rings. The van der Waals surface area contributed by atoms with E-state index in [1.807, 2.05) is 36.7 Å². The van der Waals surface area contributed by atoms with Crippen molar-refractivity contribution < 1.29 is 14.3 Å². The van der Waals surface area contributed by atoms with Crippen molar-refractivity contribution in [3.63, 3.8) is 0 Å². The summed E-state index contributed by atoms with van der Waals surface area (Å²) in [5.41, 5.74) is 4.14. The number of benzene rings is 2. The number of hydrogen-bond donors (Lipinski definition) is 0. The van der Waals surface area contributed by atoms with Gasteiger partial charge >= 0.3 is 0 Å². The maximum Gasteiger partial charge on any atom is 0.258 e. The third-order valence-corrected chi connectivity index (χ3v) is 5.77. The van der Waals surface area contributed by atoms with Gasteiger partial charge in [-0.05, 0) is 66.2 Å². The highest BCUT2D eigenvalue weighted by molar-refractivity contribution is 9.10. The molecule has 0 saturated carbocycles. The van der Waals surface area contributed by atoms with Crippen LogP contribution in [0.4, 0.5) is 5.69 Å². The molecule has 0 saturated heterocycles. The van der Waals surface area contributed by atoms with Crippen LogP contribution in [0.25, 0.3) is 5.69 Å². The number of aryl methyl sites for hydroxylation is 1. The zero-order valence-electron chi connectivity index (χ0n) is 16.5. The zero-order valence-corrected chi connectivity index (χ0v) is 18.1. The lowest BCUT2D eigenvalue weighted by molar-refractivity contribution is 0.0993. The number of carbonyl (C=O) groups is 1. The van der Waals surface area contributed by atoms with E-state index in [9.17, 15) is 4.79 Å². The molecule has 3 aromatic rings. The van der Waals surface area contributed by atoms with Crippen LogP contribution in [0.5, 0.6) is 11.5 Å². The fourth-order valence-electron chi connectivity index (χ4n) is 2.96. The first-order valence-corrected chi connectivity index (χ1v) is 9.49. The lowest BCUT2D eigenvalue weighted by Crippen LogP contribution is -2.26. The Kier molecular flexibility index (Phi) is 5.74. The van der Waals surface area contributed by atoms with Gasteiger partial charge in [-0.3, -0.25) is 4.79 Å². The Morgan fingerprint density at radius 1 is 1.04 bits per heavy atom. The van der Waals surface area contributed by atoms with Crippen molar-refractivity contribution >= 4 is 27.5 Å². The highest BCUT2D eigenvalue weighted by Gasteiger charge is 2.16. The molecule has 146 valence electrons. The quantitative estimate of drug-likeness (QED) is 0.580. The summed E-state index contributed by atoms with van der Waals surface area (Å²) < 4.78 is 13.4. The lowest BCUT2D eigenvalue weighted by Gasteiger charge is -2.19. The molecule has 3 rings (SSSR count). The van der Waals surface area contributed by atoms with E-state index in [2.05, 4.69) is 21.0 Å². The summed E-state index contributed by atoms with van der Waals surface area (Å²) >= 11 is 3.54. The Balaban J connectivity index is 1.85. The smallest absolute Gasteiger partial charge is 0.258 e. The Hall–Kier alpha value is -2.80. The predicted molar refractivity (Wildman–Crippen MR) is 113 cm³/mol. The molecule has 2 aromatic carbocycles. The zero-order chi connectivity index (χ0) is 20.4. The Labute approximate surface area is 172 Å². The second kappa shape index (κ2) is 8.06. The minimum Gasteiger partial charge on any atom is -0.493 e. The van der Waals surface area contributed by atoms with Crippen molar-refractivity contribution in [3.8, 4) is 17.2 Å². The van der Waals surface area contributed by atoms with Crippen molar-refractivity contribution in [1.29, 1.82) is 0 Å². The molecule has 0 aliphatic heterocycles. The van der Waals surface area contributed by atoms with Gasteiger partial charge in [0.2, 0.25) is 0 Å². The molecule has 1 heterocycles. The molecule has 0 bridgehead atoms. The maximum atomic E-state index is 12.9. The van der Waals surface area contributed by atoms with Crippen molar-refractivity contribution in [2.75, 3.05) is 26.2 Å². The van der Waals surface area contributed by atoms with Gasteiger partial charge in [0.05, 0.1) is 35.8 Å². The van der Waals surface area contributed by atoms with E-state index in [1.165, 1.54) is 0 Å². The number of rotatable bonds is 5. The standard InChI is InChI=1S/C21H22BrN3O3/c1-13-20(22)14(2)25(23-13)16-8-6-15(7-9-16)21(26)24(3)17-10-11-18(27-4)19(12-17)28-5/h6-12H,1-5H3. The Morgan fingerprint density at radius 3 is 2.21 bits per heavy atom. The summed E-state index contributed by atoms with van der Waals surface area (Å²) in [6.07, 6.45) is 0. The van der Waals surface area contributed by atoms with E-state index < -0.39 is 0 Å². The second-order valence-corrected chi connectivity index (χ2v) is 7.14. The van der Waals surface area contributed by atoms with E-state index in [0.717, 1.165) is 21.5 Å². The van der Waals surface area contributed by atoms with Gasteiger partial charge in [-0.25, -0.2) is 4.68 Å². The largest absolute Gasteiger partial charge is 0.493 e. The highest BCUT2D eigenvalue weighted by Crippen LogP contribution is 2.31. The molecule has 1 aromatic heterocycles.